The fourth-order valence-corrected chi connectivity index (χ4v) is 5.13. The Hall–Kier alpha value is -3.46. The van der Waals surface area contributed by atoms with E-state index < -0.39 is 12.1 Å². The molecule has 0 saturated heterocycles. The summed E-state index contributed by atoms with van der Waals surface area (Å²) in [6, 6.07) is 9.17. The lowest BCUT2D eigenvalue weighted by molar-refractivity contribution is -0.147. The highest BCUT2D eigenvalue weighted by atomic mass is 79.9. The van der Waals surface area contributed by atoms with E-state index in [4.69, 9.17) is 19.2 Å². The first-order valence-corrected chi connectivity index (χ1v) is 13.5. The van der Waals surface area contributed by atoms with Crippen molar-refractivity contribution in [1.82, 2.24) is 9.66 Å². The van der Waals surface area contributed by atoms with Gasteiger partial charge in [0.1, 0.15) is 5.82 Å². The van der Waals surface area contributed by atoms with E-state index in [9.17, 15) is 9.59 Å². The number of rotatable bonds is 9. The first-order chi connectivity index (χ1) is 18.4. The summed E-state index contributed by atoms with van der Waals surface area (Å²) in [6.07, 6.45) is 8.38. The molecule has 0 aliphatic heterocycles. The molecule has 1 aromatic heterocycles. The van der Waals surface area contributed by atoms with Crippen LogP contribution in [0.3, 0.4) is 0 Å². The van der Waals surface area contributed by atoms with Crippen molar-refractivity contribution in [3.63, 3.8) is 0 Å². The van der Waals surface area contributed by atoms with Gasteiger partial charge in [-0.05, 0) is 62.1 Å². The van der Waals surface area contributed by atoms with Gasteiger partial charge in [-0.3, -0.25) is 4.79 Å². The van der Waals surface area contributed by atoms with Gasteiger partial charge in [-0.1, -0.05) is 41.3 Å². The molecular weight excluding hydrogens is 550 g/mol. The van der Waals surface area contributed by atoms with Crippen molar-refractivity contribution in [2.75, 3.05) is 14.2 Å². The molecule has 0 radical (unpaired) electrons. The molecule has 0 spiro atoms. The number of fused-ring (bicyclic) bond motifs is 1. The summed E-state index contributed by atoms with van der Waals surface area (Å²) in [7, 11) is 2.84. The topological polar surface area (TPSA) is 92.0 Å². The summed E-state index contributed by atoms with van der Waals surface area (Å²) in [5.41, 5.74) is 1.92. The second kappa shape index (κ2) is 12.4. The van der Waals surface area contributed by atoms with Crippen LogP contribution >= 0.6 is 15.9 Å². The maximum atomic E-state index is 13.6. The number of halogens is 1. The van der Waals surface area contributed by atoms with Gasteiger partial charge < -0.3 is 14.2 Å². The second-order valence-corrected chi connectivity index (χ2v) is 10.2. The highest BCUT2D eigenvalue weighted by Gasteiger charge is 2.23. The number of esters is 1. The fourth-order valence-electron chi connectivity index (χ4n) is 4.77. The van der Waals surface area contributed by atoms with Crippen LogP contribution < -0.4 is 15.0 Å². The predicted octanol–water partition coefficient (Wildman–Crippen LogP) is 5.77. The van der Waals surface area contributed by atoms with E-state index in [1.54, 1.807) is 31.3 Å². The Balaban J connectivity index is 1.80. The average molecular weight is 582 g/mol. The normalized spacial score (nSPS) is 14.9. The molecule has 1 aliphatic rings. The average Bonchev–Trinajstić information content (AvgIpc) is 2.93. The largest absolute Gasteiger partial charge is 0.493 e. The van der Waals surface area contributed by atoms with Crippen LogP contribution in [0, 0.1) is 0 Å². The van der Waals surface area contributed by atoms with Gasteiger partial charge in [-0.25, -0.2) is 9.78 Å². The number of carbonyl (C=O) groups is 1. The number of nitrogens with zero attached hydrogens (tertiary/aromatic N) is 3. The third-order valence-corrected chi connectivity index (χ3v) is 7.19. The Morgan fingerprint density at radius 1 is 1.24 bits per heavy atom. The van der Waals surface area contributed by atoms with Crippen molar-refractivity contribution in [1.29, 1.82) is 0 Å². The summed E-state index contributed by atoms with van der Waals surface area (Å²) in [4.78, 5) is 30.5. The van der Waals surface area contributed by atoms with Crippen LogP contribution in [0.1, 0.15) is 61.9 Å². The Labute approximate surface area is 230 Å². The molecule has 3 aromatic rings. The van der Waals surface area contributed by atoms with Crippen molar-refractivity contribution in [3.05, 3.63) is 74.8 Å². The standard InChI is InChI=1S/C29H32BrN3O5/c1-5-9-21-14-19(15-25(36-3)26(21)38-18(2)29(35)37-4)17-31-33-27(20-10-7-6-8-11-20)32-24-13-12-22(30)16-23(24)28(33)34/h5,12-18,20H,1,6-11H2,2-4H3/t18-/m1/s1. The van der Waals surface area contributed by atoms with Gasteiger partial charge in [0.2, 0.25) is 0 Å². The maximum absolute atomic E-state index is 13.6. The van der Waals surface area contributed by atoms with Crippen LogP contribution in [0.15, 0.2) is 57.4 Å². The summed E-state index contributed by atoms with van der Waals surface area (Å²) in [6.45, 7) is 5.45. The molecule has 1 fully saturated rings. The van der Waals surface area contributed by atoms with Crippen LogP contribution in [-0.2, 0) is 16.0 Å². The number of carbonyl (C=O) groups excluding carboxylic acids is 1. The maximum Gasteiger partial charge on any atom is 0.346 e. The smallest absolute Gasteiger partial charge is 0.346 e. The van der Waals surface area contributed by atoms with Gasteiger partial charge >= 0.3 is 5.97 Å². The van der Waals surface area contributed by atoms with Gasteiger partial charge in [0, 0.05) is 16.0 Å². The number of aromatic nitrogens is 2. The molecule has 1 heterocycles. The monoisotopic (exact) mass is 581 g/mol. The van der Waals surface area contributed by atoms with E-state index in [1.807, 2.05) is 18.2 Å². The van der Waals surface area contributed by atoms with Gasteiger partial charge in [0.05, 0.1) is 31.3 Å². The second-order valence-electron chi connectivity index (χ2n) is 9.32. The molecule has 1 atom stereocenters. The SMILES string of the molecule is C=CCc1cc(C=Nn2c(C3CCCCC3)nc3ccc(Br)cc3c2=O)cc(OC)c1O[C@H](C)C(=O)OC. The minimum absolute atomic E-state index is 0.170. The lowest BCUT2D eigenvalue weighted by Crippen LogP contribution is -2.26. The summed E-state index contributed by atoms with van der Waals surface area (Å²) in [5.74, 6) is 1.23. The summed E-state index contributed by atoms with van der Waals surface area (Å²) in [5, 5.41) is 5.15. The third kappa shape index (κ3) is 5.99. The molecule has 9 heteroatoms. The lowest BCUT2D eigenvalue weighted by atomic mass is 9.88. The van der Waals surface area contributed by atoms with Crippen molar-refractivity contribution < 1.29 is 19.0 Å². The Morgan fingerprint density at radius 3 is 2.68 bits per heavy atom. The van der Waals surface area contributed by atoms with Crippen LogP contribution in [0.5, 0.6) is 11.5 Å². The van der Waals surface area contributed by atoms with E-state index in [1.165, 1.54) is 25.3 Å². The number of methoxy groups -OCH3 is 2. The van der Waals surface area contributed by atoms with E-state index in [0.717, 1.165) is 35.7 Å². The van der Waals surface area contributed by atoms with Gasteiger partial charge in [-0.15, -0.1) is 6.58 Å². The molecule has 8 nitrogen and oxygen atoms in total. The third-order valence-electron chi connectivity index (χ3n) is 6.69. The van der Waals surface area contributed by atoms with Gasteiger partial charge in [0.25, 0.3) is 5.56 Å². The van der Waals surface area contributed by atoms with E-state index in [2.05, 4.69) is 27.6 Å². The number of hydrogen-bond acceptors (Lipinski definition) is 7. The number of allylic oxidation sites excluding steroid dienone is 1. The van der Waals surface area contributed by atoms with Crippen LogP contribution in [0.2, 0.25) is 0 Å². The zero-order chi connectivity index (χ0) is 27.2. The van der Waals surface area contributed by atoms with E-state index in [-0.39, 0.29) is 11.5 Å². The van der Waals surface area contributed by atoms with Crippen molar-refractivity contribution >= 4 is 39.0 Å². The highest BCUT2D eigenvalue weighted by molar-refractivity contribution is 9.10. The molecule has 0 N–H and O–H groups in total. The Morgan fingerprint density at radius 2 is 2.00 bits per heavy atom. The van der Waals surface area contributed by atoms with Crippen LogP contribution in [0.25, 0.3) is 10.9 Å². The summed E-state index contributed by atoms with van der Waals surface area (Å²) < 4.78 is 18.5. The first-order valence-electron chi connectivity index (χ1n) is 12.7. The lowest BCUT2D eigenvalue weighted by Gasteiger charge is -2.23. The highest BCUT2D eigenvalue weighted by Crippen LogP contribution is 2.35. The molecule has 38 heavy (non-hydrogen) atoms. The quantitative estimate of drug-likeness (QED) is 0.181. The summed E-state index contributed by atoms with van der Waals surface area (Å²) >= 11 is 3.46. The molecule has 4 rings (SSSR count). The van der Waals surface area contributed by atoms with E-state index in [0.29, 0.717) is 40.2 Å². The minimum atomic E-state index is -0.823. The van der Waals surface area contributed by atoms with Gasteiger partial charge in [0.15, 0.2) is 17.6 Å². The molecule has 1 saturated carbocycles. The minimum Gasteiger partial charge on any atom is -0.493 e. The Bertz CT molecular complexity index is 1430. The predicted molar refractivity (Wildman–Crippen MR) is 152 cm³/mol. The number of hydrogen-bond donors (Lipinski definition) is 0. The zero-order valence-corrected chi connectivity index (χ0v) is 23.5. The van der Waals surface area contributed by atoms with Crippen molar-refractivity contribution in [2.45, 2.75) is 57.5 Å². The molecule has 1 aliphatic carbocycles. The number of ether oxygens (including phenoxy) is 3. The molecule has 0 bridgehead atoms. The van der Waals surface area contributed by atoms with E-state index >= 15 is 0 Å². The molecular formula is C29H32BrN3O5. The van der Waals surface area contributed by atoms with Crippen LogP contribution in [0.4, 0.5) is 0 Å². The molecule has 200 valence electrons. The Kier molecular flexibility index (Phi) is 8.99. The first kappa shape index (κ1) is 27.6. The number of benzene rings is 2. The van der Waals surface area contributed by atoms with Crippen LogP contribution in [-0.4, -0.2) is 42.2 Å². The zero-order valence-electron chi connectivity index (χ0n) is 21.9. The molecule has 0 unspecified atom stereocenters. The van der Waals surface area contributed by atoms with Crippen molar-refractivity contribution in [3.8, 4) is 11.5 Å². The fraction of sp³-hybridized carbons (Fsp3) is 0.379. The van der Waals surface area contributed by atoms with Crippen molar-refractivity contribution in [2.24, 2.45) is 5.10 Å². The molecule has 2 aromatic carbocycles. The van der Waals surface area contributed by atoms with Gasteiger partial charge in [-0.2, -0.15) is 9.78 Å². The molecule has 0 amide bonds.